The van der Waals surface area contributed by atoms with Gasteiger partial charge < -0.3 is 11.1 Å². The standard InChI is InChI=1S/C9H18N2O/c1-7-3-2-4-8(7)11-6-5-9(10)12/h7-8,11H,2-6H2,1H3,(H2,10,12). The van der Waals surface area contributed by atoms with Crippen LogP contribution in [0.5, 0.6) is 0 Å². The van der Waals surface area contributed by atoms with Gasteiger partial charge >= 0.3 is 0 Å². The molecule has 1 fully saturated rings. The van der Waals surface area contributed by atoms with Crippen LogP contribution in [0.4, 0.5) is 0 Å². The molecule has 0 aromatic heterocycles. The predicted molar refractivity (Wildman–Crippen MR) is 48.6 cm³/mol. The summed E-state index contributed by atoms with van der Waals surface area (Å²) in [6, 6.07) is 0.615. The van der Waals surface area contributed by atoms with Gasteiger partial charge in [-0.1, -0.05) is 13.3 Å². The van der Waals surface area contributed by atoms with E-state index in [0.29, 0.717) is 12.5 Å². The minimum Gasteiger partial charge on any atom is -0.370 e. The second-order valence-electron chi connectivity index (χ2n) is 3.69. The van der Waals surface area contributed by atoms with Gasteiger partial charge in [-0.2, -0.15) is 0 Å². The summed E-state index contributed by atoms with van der Waals surface area (Å²) < 4.78 is 0. The monoisotopic (exact) mass is 170 g/mol. The zero-order valence-electron chi connectivity index (χ0n) is 7.68. The fourth-order valence-electron chi connectivity index (χ4n) is 1.83. The first-order valence-electron chi connectivity index (χ1n) is 4.72. The molecule has 1 rings (SSSR count). The van der Waals surface area contributed by atoms with Gasteiger partial charge in [0.25, 0.3) is 0 Å². The van der Waals surface area contributed by atoms with Gasteiger partial charge in [0.1, 0.15) is 0 Å². The van der Waals surface area contributed by atoms with Crippen LogP contribution in [0.1, 0.15) is 32.6 Å². The highest BCUT2D eigenvalue weighted by Gasteiger charge is 2.22. The highest BCUT2D eigenvalue weighted by Crippen LogP contribution is 2.24. The quantitative estimate of drug-likeness (QED) is 0.650. The molecular weight excluding hydrogens is 152 g/mol. The minimum absolute atomic E-state index is 0.215. The zero-order valence-corrected chi connectivity index (χ0v) is 7.68. The van der Waals surface area contributed by atoms with Crippen LogP contribution in [0, 0.1) is 5.92 Å². The van der Waals surface area contributed by atoms with Crippen molar-refractivity contribution < 1.29 is 4.79 Å². The second kappa shape index (κ2) is 4.45. The number of primary amides is 1. The Morgan fingerprint density at radius 2 is 2.33 bits per heavy atom. The Morgan fingerprint density at radius 3 is 2.83 bits per heavy atom. The lowest BCUT2D eigenvalue weighted by Gasteiger charge is -2.16. The highest BCUT2D eigenvalue weighted by molar-refractivity contribution is 5.73. The van der Waals surface area contributed by atoms with E-state index in [-0.39, 0.29) is 5.91 Å². The van der Waals surface area contributed by atoms with E-state index < -0.39 is 0 Å². The summed E-state index contributed by atoms with van der Waals surface area (Å²) in [6.07, 6.45) is 4.34. The predicted octanol–water partition coefficient (Wildman–Crippen LogP) is 0.640. The summed E-state index contributed by atoms with van der Waals surface area (Å²) in [5, 5.41) is 3.36. The fraction of sp³-hybridized carbons (Fsp3) is 0.889. The molecule has 0 aromatic rings. The third-order valence-corrected chi connectivity index (χ3v) is 2.64. The summed E-state index contributed by atoms with van der Waals surface area (Å²) in [4.78, 5) is 10.4. The van der Waals surface area contributed by atoms with Gasteiger partial charge in [0.05, 0.1) is 0 Å². The summed E-state index contributed by atoms with van der Waals surface area (Å²) >= 11 is 0. The van der Waals surface area contributed by atoms with Gasteiger partial charge in [-0.3, -0.25) is 4.79 Å². The molecule has 1 aliphatic rings. The molecule has 0 saturated heterocycles. The van der Waals surface area contributed by atoms with Crippen molar-refractivity contribution in [1.82, 2.24) is 5.32 Å². The lowest BCUT2D eigenvalue weighted by atomic mass is 10.1. The summed E-state index contributed by atoms with van der Waals surface area (Å²) in [7, 11) is 0. The van der Waals surface area contributed by atoms with Gasteiger partial charge in [-0.15, -0.1) is 0 Å². The van der Waals surface area contributed by atoms with Gasteiger partial charge in [-0.05, 0) is 18.8 Å². The van der Waals surface area contributed by atoms with E-state index in [1.807, 2.05) is 0 Å². The number of nitrogens with one attached hydrogen (secondary N) is 1. The maximum absolute atomic E-state index is 10.4. The SMILES string of the molecule is CC1CCCC1NCCC(N)=O. The first kappa shape index (κ1) is 9.52. The molecule has 2 atom stereocenters. The van der Waals surface area contributed by atoms with Gasteiger partial charge in [0, 0.05) is 19.0 Å². The van der Waals surface area contributed by atoms with E-state index >= 15 is 0 Å². The van der Waals surface area contributed by atoms with Crippen molar-refractivity contribution in [2.24, 2.45) is 11.7 Å². The molecule has 2 unspecified atom stereocenters. The third-order valence-electron chi connectivity index (χ3n) is 2.64. The molecule has 0 spiro atoms. The van der Waals surface area contributed by atoms with E-state index in [2.05, 4.69) is 12.2 Å². The number of carbonyl (C=O) groups excluding carboxylic acids is 1. The second-order valence-corrected chi connectivity index (χ2v) is 3.69. The van der Waals surface area contributed by atoms with Crippen molar-refractivity contribution in [2.75, 3.05) is 6.54 Å². The Balaban J connectivity index is 2.10. The van der Waals surface area contributed by atoms with Crippen molar-refractivity contribution in [2.45, 2.75) is 38.6 Å². The Morgan fingerprint density at radius 1 is 1.58 bits per heavy atom. The lowest BCUT2D eigenvalue weighted by molar-refractivity contribution is -0.117. The van der Waals surface area contributed by atoms with Crippen LogP contribution in [-0.4, -0.2) is 18.5 Å². The smallest absolute Gasteiger partial charge is 0.218 e. The molecular formula is C9H18N2O. The van der Waals surface area contributed by atoms with Gasteiger partial charge in [0.2, 0.25) is 5.91 Å². The molecule has 70 valence electrons. The van der Waals surface area contributed by atoms with Crippen LogP contribution in [0.15, 0.2) is 0 Å². The Labute approximate surface area is 73.7 Å². The molecule has 0 heterocycles. The fourth-order valence-corrected chi connectivity index (χ4v) is 1.83. The summed E-state index contributed by atoms with van der Waals surface area (Å²) in [5.41, 5.74) is 5.03. The first-order chi connectivity index (χ1) is 5.70. The minimum atomic E-state index is -0.215. The lowest BCUT2D eigenvalue weighted by Crippen LogP contribution is -2.33. The largest absolute Gasteiger partial charge is 0.370 e. The topological polar surface area (TPSA) is 55.1 Å². The number of nitrogens with two attached hydrogens (primary N) is 1. The van der Waals surface area contributed by atoms with E-state index in [4.69, 9.17) is 5.73 Å². The molecule has 0 aliphatic heterocycles. The molecule has 3 heteroatoms. The number of amides is 1. The molecule has 0 radical (unpaired) electrons. The van der Waals surface area contributed by atoms with Crippen molar-refractivity contribution in [3.05, 3.63) is 0 Å². The van der Waals surface area contributed by atoms with Crippen molar-refractivity contribution in [3.8, 4) is 0 Å². The van der Waals surface area contributed by atoms with Crippen LogP contribution >= 0.6 is 0 Å². The van der Waals surface area contributed by atoms with Gasteiger partial charge in [0.15, 0.2) is 0 Å². The van der Waals surface area contributed by atoms with E-state index in [1.165, 1.54) is 19.3 Å². The Kier molecular flexibility index (Phi) is 3.53. The maximum atomic E-state index is 10.4. The average Bonchev–Trinajstić information content (AvgIpc) is 2.36. The third kappa shape index (κ3) is 2.81. The van der Waals surface area contributed by atoms with Crippen LogP contribution in [-0.2, 0) is 4.79 Å². The van der Waals surface area contributed by atoms with Crippen LogP contribution < -0.4 is 11.1 Å². The Hall–Kier alpha value is -0.570. The van der Waals surface area contributed by atoms with Gasteiger partial charge in [-0.25, -0.2) is 0 Å². The van der Waals surface area contributed by atoms with Crippen LogP contribution in [0.25, 0.3) is 0 Å². The molecule has 12 heavy (non-hydrogen) atoms. The number of rotatable bonds is 4. The summed E-state index contributed by atoms with van der Waals surface area (Å²) in [5.74, 6) is 0.547. The maximum Gasteiger partial charge on any atom is 0.218 e. The molecule has 3 N–H and O–H groups in total. The highest BCUT2D eigenvalue weighted by atomic mass is 16.1. The zero-order chi connectivity index (χ0) is 8.97. The average molecular weight is 170 g/mol. The van der Waals surface area contributed by atoms with E-state index in [9.17, 15) is 4.79 Å². The molecule has 0 bridgehead atoms. The first-order valence-corrected chi connectivity index (χ1v) is 4.72. The molecule has 0 aromatic carbocycles. The van der Waals surface area contributed by atoms with Crippen molar-refractivity contribution in [1.29, 1.82) is 0 Å². The normalized spacial score (nSPS) is 29.1. The summed E-state index contributed by atoms with van der Waals surface area (Å²) in [6.45, 7) is 3.00. The van der Waals surface area contributed by atoms with E-state index in [0.717, 1.165) is 12.5 Å². The molecule has 3 nitrogen and oxygen atoms in total. The molecule has 1 saturated carbocycles. The Bertz CT molecular complexity index is 159. The molecule has 1 aliphatic carbocycles. The number of hydrogen-bond donors (Lipinski definition) is 2. The number of carbonyl (C=O) groups is 1. The van der Waals surface area contributed by atoms with E-state index in [1.54, 1.807) is 0 Å². The van der Waals surface area contributed by atoms with Crippen LogP contribution in [0.3, 0.4) is 0 Å². The molecule has 1 amide bonds. The van der Waals surface area contributed by atoms with Crippen LogP contribution in [0.2, 0.25) is 0 Å². The van der Waals surface area contributed by atoms with Crippen molar-refractivity contribution in [3.63, 3.8) is 0 Å². The van der Waals surface area contributed by atoms with Crippen molar-refractivity contribution >= 4 is 5.91 Å². The number of hydrogen-bond acceptors (Lipinski definition) is 2.